The lowest BCUT2D eigenvalue weighted by Gasteiger charge is -2.14. The molecule has 0 atom stereocenters. The van der Waals surface area contributed by atoms with E-state index in [0.29, 0.717) is 11.8 Å². The maximum Gasteiger partial charge on any atom is 0.435 e. The molecule has 4 aromatic rings. The molecule has 0 spiro atoms. The third-order valence-electron chi connectivity index (χ3n) is 4.73. The smallest absolute Gasteiger partial charge is 0.278 e. The molecule has 4 rings (SSSR count). The molecule has 208 valence electrons. The Balaban J connectivity index is 1.72. The molecule has 0 saturated heterocycles. The molecule has 0 aliphatic carbocycles. The Morgan fingerprint density at radius 3 is 1.18 bits per heavy atom. The number of imidazole rings is 2. The van der Waals surface area contributed by atoms with Gasteiger partial charge in [0.15, 0.2) is 22.8 Å². The van der Waals surface area contributed by atoms with Gasteiger partial charge in [0.25, 0.3) is 0 Å². The number of rotatable bonds is 4. The van der Waals surface area contributed by atoms with Crippen LogP contribution in [0.15, 0.2) is 59.1 Å². The first-order valence-electron chi connectivity index (χ1n) is 9.93. The first-order chi connectivity index (χ1) is 17.9. The molecule has 0 bridgehead atoms. The van der Waals surface area contributed by atoms with Crippen molar-refractivity contribution in [3.63, 3.8) is 0 Å². The average Bonchev–Trinajstić information content (AvgIpc) is 3.44. The predicted molar refractivity (Wildman–Crippen MR) is 107 cm³/mol. The van der Waals surface area contributed by atoms with Gasteiger partial charge >= 0.3 is 24.7 Å². The second-order valence-corrected chi connectivity index (χ2v) is 8.43. The third kappa shape index (κ3) is 5.81. The molecule has 0 aromatic carbocycles. The number of hydrogen-bond donors (Lipinski definition) is 0. The summed E-state index contributed by atoms with van der Waals surface area (Å²) in [5, 5.41) is -0.324. The normalized spacial score (nSPS) is 13.2. The molecule has 0 radical (unpaired) electrons. The van der Waals surface area contributed by atoms with Gasteiger partial charge in [0.2, 0.25) is 0 Å². The third-order valence-corrected chi connectivity index (χ3v) is 5.60. The topological polar surface area (TPSA) is 61.4 Å². The number of hydrogen-bond acceptors (Lipinski definition) is 5. The van der Waals surface area contributed by atoms with Gasteiger partial charge in [0, 0.05) is 0 Å². The van der Waals surface area contributed by atoms with E-state index in [1.54, 1.807) is 0 Å². The van der Waals surface area contributed by atoms with E-state index >= 15 is 0 Å². The zero-order valence-corrected chi connectivity index (χ0v) is 19.1. The Morgan fingerprint density at radius 2 is 0.872 bits per heavy atom. The minimum Gasteiger partial charge on any atom is -0.278 e. The van der Waals surface area contributed by atoms with Crippen LogP contribution in [0.3, 0.4) is 0 Å². The molecule has 0 unspecified atom stereocenters. The van der Waals surface area contributed by atoms with E-state index in [1.165, 1.54) is 12.1 Å². The summed E-state index contributed by atoms with van der Waals surface area (Å²) in [6, 6.07) is 6.58. The van der Waals surface area contributed by atoms with Crippen molar-refractivity contribution in [1.82, 2.24) is 29.1 Å². The first kappa shape index (κ1) is 28.2. The van der Waals surface area contributed by atoms with Gasteiger partial charge in [-0.2, -0.15) is 52.7 Å². The van der Waals surface area contributed by atoms with Crippen LogP contribution in [0.4, 0.5) is 52.7 Å². The van der Waals surface area contributed by atoms with Gasteiger partial charge in [0.05, 0.1) is 0 Å². The molecule has 19 heteroatoms. The van der Waals surface area contributed by atoms with E-state index < -0.39 is 59.1 Å². The van der Waals surface area contributed by atoms with Gasteiger partial charge in [-0.15, -0.1) is 0 Å². The molecule has 0 fully saturated rings. The number of nitrogens with zero attached hydrogens (tertiary/aromatic N) is 6. The van der Waals surface area contributed by atoms with E-state index in [2.05, 4.69) is 19.9 Å². The van der Waals surface area contributed by atoms with Crippen molar-refractivity contribution < 1.29 is 52.7 Å². The average molecular weight is 592 g/mol. The number of pyridine rings is 2. The van der Waals surface area contributed by atoms with Crippen LogP contribution in [0.2, 0.25) is 0 Å². The Bertz CT molecular complexity index is 1380. The maximum absolute atomic E-state index is 13.4. The second kappa shape index (κ2) is 9.45. The summed E-state index contributed by atoms with van der Waals surface area (Å²) >= 11 is 0.560. The molecule has 0 aliphatic rings. The highest BCUT2D eigenvalue weighted by Crippen LogP contribution is 2.42. The molecule has 6 nitrogen and oxygen atoms in total. The fraction of sp³-hybridized carbons (Fsp3) is 0.200. The van der Waals surface area contributed by atoms with E-state index in [-0.39, 0.29) is 31.8 Å². The lowest BCUT2D eigenvalue weighted by Crippen LogP contribution is -2.20. The minimum atomic E-state index is -5.47. The lowest BCUT2D eigenvalue weighted by atomic mass is 10.3. The number of alkyl halides is 12. The van der Waals surface area contributed by atoms with Crippen molar-refractivity contribution in [1.29, 1.82) is 0 Å². The lowest BCUT2D eigenvalue weighted by molar-refractivity contribution is -0.166. The number of halogens is 12. The summed E-state index contributed by atoms with van der Waals surface area (Å²) in [5.74, 6) is -1.26. The van der Waals surface area contributed by atoms with Gasteiger partial charge < -0.3 is 0 Å². The Labute approximate surface area is 212 Å². The first-order valence-corrected chi connectivity index (χ1v) is 10.7. The van der Waals surface area contributed by atoms with E-state index in [1.807, 2.05) is 0 Å². The van der Waals surface area contributed by atoms with E-state index in [4.69, 9.17) is 0 Å². The Hall–Kier alpha value is -3.77. The SMILES string of the molecule is FC(F)(F)c1ncn(-c2cccc(Sc3cccc(-n4cnc(C(F)(F)F)c4C(F)(F)F)n3)n2)c1C(F)(F)F. The van der Waals surface area contributed by atoms with Crippen molar-refractivity contribution in [2.24, 2.45) is 0 Å². The van der Waals surface area contributed by atoms with Crippen LogP contribution in [-0.2, 0) is 24.7 Å². The van der Waals surface area contributed by atoms with Crippen LogP contribution in [0, 0.1) is 0 Å². The van der Waals surface area contributed by atoms with Crippen LogP contribution in [0.5, 0.6) is 0 Å². The minimum absolute atomic E-state index is 0.0660. The highest BCUT2D eigenvalue weighted by atomic mass is 32.2. The van der Waals surface area contributed by atoms with Crippen LogP contribution in [-0.4, -0.2) is 29.1 Å². The van der Waals surface area contributed by atoms with Gasteiger partial charge in [-0.1, -0.05) is 12.1 Å². The summed E-state index contributed by atoms with van der Waals surface area (Å²) in [4.78, 5) is 13.3. The summed E-state index contributed by atoms with van der Waals surface area (Å²) in [6.45, 7) is 0. The van der Waals surface area contributed by atoms with Crippen molar-refractivity contribution in [2.45, 2.75) is 34.8 Å². The Morgan fingerprint density at radius 1 is 0.513 bits per heavy atom. The standard InChI is InChI=1S/C20H8F12N6S/c21-17(22,23)13-15(19(27,28)29)37(7-33-13)9-3-1-5-11(35-9)39-12-6-2-4-10(36-12)38-8-34-14(18(24,25)26)16(38)20(30,31)32/h1-8H. The van der Waals surface area contributed by atoms with Crippen molar-refractivity contribution >= 4 is 11.8 Å². The molecular formula is C20H8F12N6S. The van der Waals surface area contributed by atoms with Crippen LogP contribution < -0.4 is 0 Å². The van der Waals surface area contributed by atoms with Crippen LogP contribution in [0.1, 0.15) is 22.8 Å². The van der Waals surface area contributed by atoms with Gasteiger partial charge in [-0.25, -0.2) is 19.9 Å². The zero-order chi connectivity index (χ0) is 29.0. The molecule has 0 saturated carbocycles. The summed E-state index contributed by atoms with van der Waals surface area (Å²) in [5.41, 5.74) is -8.65. The predicted octanol–water partition coefficient (Wildman–Crippen LogP) is 7.07. The molecule has 0 aliphatic heterocycles. The van der Waals surface area contributed by atoms with Gasteiger partial charge in [-0.3, -0.25) is 9.13 Å². The molecular weight excluding hydrogens is 584 g/mol. The van der Waals surface area contributed by atoms with Crippen LogP contribution in [0.25, 0.3) is 11.6 Å². The van der Waals surface area contributed by atoms with Gasteiger partial charge in [0.1, 0.15) is 34.3 Å². The van der Waals surface area contributed by atoms with Crippen molar-refractivity contribution in [2.75, 3.05) is 0 Å². The second-order valence-electron chi connectivity index (χ2n) is 7.38. The highest BCUT2D eigenvalue weighted by Gasteiger charge is 2.49. The molecule has 4 heterocycles. The molecule has 0 N–H and O–H groups in total. The van der Waals surface area contributed by atoms with Gasteiger partial charge in [-0.05, 0) is 36.0 Å². The summed E-state index contributed by atoms with van der Waals surface area (Å²) in [6.07, 6.45) is -21.3. The van der Waals surface area contributed by atoms with Crippen LogP contribution >= 0.6 is 11.8 Å². The largest absolute Gasteiger partial charge is 0.435 e. The Kier molecular flexibility index (Phi) is 6.85. The summed E-state index contributed by atoms with van der Waals surface area (Å²) < 4.78 is 159. The maximum atomic E-state index is 13.4. The number of aromatic nitrogens is 6. The van der Waals surface area contributed by atoms with Crippen molar-refractivity contribution in [3.05, 3.63) is 71.8 Å². The fourth-order valence-electron chi connectivity index (χ4n) is 3.30. The van der Waals surface area contributed by atoms with E-state index in [0.717, 1.165) is 24.3 Å². The molecule has 0 amide bonds. The summed E-state index contributed by atoms with van der Waals surface area (Å²) in [7, 11) is 0. The van der Waals surface area contributed by atoms with Crippen molar-refractivity contribution in [3.8, 4) is 11.6 Å². The zero-order valence-electron chi connectivity index (χ0n) is 18.2. The fourth-order valence-corrected chi connectivity index (χ4v) is 4.08. The molecule has 4 aromatic heterocycles. The molecule has 39 heavy (non-hydrogen) atoms. The highest BCUT2D eigenvalue weighted by molar-refractivity contribution is 7.99. The van der Waals surface area contributed by atoms with E-state index in [9.17, 15) is 52.7 Å². The monoisotopic (exact) mass is 592 g/mol. The quantitative estimate of drug-likeness (QED) is 0.237.